The Balaban J connectivity index is 2.38. The number of nitriles is 1. The maximum Gasteiger partial charge on any atom is 0.0991 e. The van der Waals surface area contributed by atoms with Crippen LogP contribution in [0.5, 0.6) is 0 Å². The van der Waals surface area contributed by atoms with Gasteiger partial charge in [0.15, 0.2) is 0 Å². The van der Waals surface area contributed by atoms with Gasteiger partial charge in [0, 0.05) is 17.5 Å². The fourth-order valence-corrected chi connectivity index (χ4v) is 1.38. The van der Waals surface area contributed by atoms with Gasteiger partial charge in [0.25, 0.3) is 0 Å². The molecule has 0 aliphatic heterocycles. The number of hydrogen-bond acceptors (Lipinski definition) is 2. The molecule has 0 radical (unpaired) electrons. The average molecular weight is 194 g/mol. The van der Waals surface area contributed by atoms with Crippen LogP contribution < -0.4 is 0 Å². The molecular formula is C13H10N2. The summed E-state index contributed by atoms with van der Waals surface area (Å²) in [6.07, 6.45) is 1.84. The third-order valence-corrected chi connectivity index (χ3v) is 2.26. The fourth-order valence-electron chi connectivity index (χ4n) is 1.38. The Kier molecular flexibility index (Phi) is 2.47. The minimum Gasteiger partial charge on any atom is -0.261 e. The van der Waals surface area contributed by atoms with Gasteiger partial charge in [0.1, 0.15) is 0 Å². The Morgan fingerprint density at radius 2 is 1.67 bits per heavy atom. The lowest BCUT2D eigenvalue weighted by atomic mass is 10.1. The summed E-state index contributed by atoms with van der Waals surface area (Å²) in [4.78, 5) is 4.23. The van der Waals surface area contributed by atoms with E-state index in [-0.39, 0.29) is 0 Å². The summed E-state index contributed by atoms with van der Waals surface area (Å²) in [5, 5.41) is 8.67. The zero-order valence-electron chi connectivity index (χ0n) is 8.44. The first-order chi connectivity index (χ1) is 7.29. The van der Waals surface area contributed by atoms with Crippen LogP contribution in [0.3, 0.4) is 0 Å². The first-order valence-corrected chi connectivity index (χ1v) is 4.73. The molecule has 2 rings (SSSR count). The number of hydrogen-bond donors (Lipinski definition) is 0. The van der Waals surface area contributed by atoms with Crippen molar-refractivity contribution in [3.63, 3.8) is 0 Å². The Bertz CT molecular complexity index is 490. The van der Waals surface area contributed by atoms with Crippen molar-refractivity contribution in [2.45, 2.75) is 6.92 Å². The third kappa shape index (κ3) is 2.03. The fraction of sp³-hybridized carbons (Fsp3) is 0.0769. The molecule has 1 heterocycles. The van der Waals surface area contributed by atoms with Crippen molar-refractivity contribution in [2.75, 3.05) is 0 Å². The highest BCUT2D eigenvalue weighted by Crippen LogP contribution is 2.18. The zero-order valence-corrected chi connectivity index (χ0v) is 8.44. The summed E-state index contributed by atoms with van der Waals surface area (Å²) in [6.45, 7) is 1.96. The monoisotopic (exact) mass is 194 g/mol. The molecule has 0 unspecified atom stereocenters. The summed E-state index contributed by atoms with van der Waals surface area (Å²) in [5.41, 5.74) is 3.85. The SMILES string of the molecule is Cc1ccc(-c2ccc(C#N)cc2)cn1. The number of aromatic nitrogens is 1. The molecule has 0 fully saturated rings. The molecule has 0 aliphatic rings. The number of rotatable bonds is 1. The molecule has 0 aliphatic carbocycles. The molecule has 0 N–H and O–H groups in total. The van der Waals surface area contributed by atoms with E-state index in [1.807, 2.05) is 49.5 Å². The molecule has 0 saturated carbocycles. The van der Waals surface area contributed by atoms with Crippen molar-refractivity contribution in [3.8, 4) is 17.2 Å². The Hall–Kier alpha value is -2.14. The van der Waals surface area contributed by atoms with Crippen molar-refractivity contribution in [1.29, 1.82) is 5.26 Å². The van der Waals surface area contributed by atoms with Gasteiger partial charge in [-0.2, -0.15) is 5.26 Å². The molecule has 0 spiro atoms. The van der Waals surface area contributed by atoms with Gasteiger partial charge in [0.2, 0.25) is 0 Å². The first kappa shape index (κ1) is 9.42. The predicted octanol–water partition coefficient (Wildman–Crippen LogP) is 2.93. The van der Waals surface area contributed by atoms with Crippen LogP contribution in [0.4, 0.5) is 0 Å². The van der Waals surface area contributed by atoms with Gasteiger partial charge in [-0.15, -0.1) is 0 Å². The zero-order chi connectivity index (χ0) is 10.7. The van der Waals surface area contributed by atoms with Gasteiger partial charge in [0.05, 0.1) is 11.6 Å². The highest BCUT2D eigenvalue weighted by Gasteiger charge is 1.97. The molecule has 72 valence electrons. The van der Waals surface area contributed by atoms with Gasteiger partial charge in [-0.05, 0) is 30.7 Å². The second-order valence-corrected chi connectivity index (χ2v) is 3.38. The Labute approximate surface area is 88.8 Å². The third-order valence-electron chi connectivity index (χ3n) is 2.26. The molecule has 1 aromatic heterocycles. The number of aryl methyl sites for hydroxylation is 1. The second kappa shape index (κ2) is 3.93. The number of pyridine rings is 1. The minimum absolute atomic E-state index is 0.679. The standard InChI is InChI=1S/C13H10N2/c1-10-2-5-13(9-15-10)12-6-3-11(8-14)4-7-12/h2-7,9H,1H3. The summed E-state index contributed by atoms with van der Waals surface area (Å²) >= 11 is 0. The summed E-state index contributed by atoms with van der Waals surface area (Å²) < 4.78 is 0. The lowest BCUT2D eigenvalue weighted by Gasteiger charge is -2.01. The van der Waals surface area contributed by atoms with Crippen molar-refractivity contribution >= 4 is 0 Å². The smallest absolute Gasteiger partial charge is 0.0991 e. The van der Waals surface area contributed by atoms with E-state index in [0.717, 1.165) is 16.8 Å². The van der Waals surface area contributed by atoms with Crippen LogP contribution in [0.2, 0.25) is 0 Å². The predicted molar refractivity (Wildman–Crippen MR) is 59.1 cm³/mol. The van der Waals surface area contributed by atoms with Crippen molar-refractivity contribution in [1.82, 2.24) is 4.98 Å². The molecule has 15 heavy (non-hydrogen) atoms. The van der Waals surface area contributed by atoms with Crippen LogP contribution in [-0.2, 0) is 0 Å². The molecule has 2 heteroatoms. The minimum atomic E-state index is 0.679. The van der Waals surface area contributed by atoms with Crippen LogP contribution in [0.25, 0.3) is 11.1 Å². The largest absolute Gasteiger partial charge is 0.261 e. The molecule has 2 nitrogen and oxygen atoms in total. The van der Waals surface area contributed by atoms with Crippen LogP contribution in [0.1, 0.15) is 11.3 Å². The van der Waals surface area contributed by atoms with Gasteiger partial charge >= 0.3 is 0 Å². The average Bonchev–Trinajstić information content (AvgIpc) is 2.30. The summed E-state index contributed by atoms with van der Waals surface area (Å²) in [5.74, 6) is 0. The van der Waals surface area contributed by atoms with E-state index < -0.39 is 0 Å². The van der Waals surface area contributed by atoms with Crippen LogP contribution in [0, 0.1) is 18.3 Å². The highest BCUT2D eigenvalue weighted by molar-refractivity contribution is 5.63. The number of nitrogens with zero attached hydrogens (tertiary/aromatic N) is 2. The van der Waals surface area contributed by atoms with E-state index in [0.29, 0.717) is 5.56 Å². The van der Waals surface area contributed by atoms with Gasteiger partial charge in [-0.1, -0.05) is 18.2 Å². The lowest BCUT2D eigenvalue weighted by Crippen LogP contribution is -1.83. The van der Waals surface area contributed by atoms with Gasteiger partial charge in [-0.3, -0.25) is 4.98 Å². The molecule has 0 amide bonds. The highest BCUT2D eigenvalue weighted by atomic mass is 14.7. The van der Waals surface area contributed by atoms with E-state index in [1.54, 1.807) is 0 Å². The quantitative estimate of drug-likeness (QED) is 0.699. The molecule has 0 saturated heterocycles. The van der Waals surface area contributed by atoms with Crippen molar-refractivity contribution < 1.29 is 0 Å². The van der Waals surface area contributed by atoms with Crippen LogP contribution in [0.15, 0.2) is 42.6 Å². The Morgan fingerprint density at radius 3 is 2.20 bits per heavy atom. The van der Waals surface area contributed by atoms with E-state index in [2.05, 4.69) is 11.1 Å². The van der Waals surface area contributed by atoms with E-state index in [9.17, 15) is 0 Å². The topological polar surface area (TPSA) is 36.7 Å². The maximum atomic E-state index is 8.67. The van der Waals surface area contributed by atoms with E-state index in [4.69, 9.17) is 5.26 Å². The maximum absolute atomic E-state index is 8.67. The first-order valence-electron chi connectivity index (χ1n) is 4.73. The van der Waals surface area contributed by atoms with Crippen LogP contribution >= 0.6 is 0 Å². The second-order valence-electron chi connectivity index (χ2n) is 3.38. The molecule has 1 aromatic carbocycles. The molecular weight excluding hydrogens is 184 g/mol. The number of benzene rings is 1. The van der Waals surface area contributed by atoms with Gasteiger partial charge in [-0.25, -0.2) is 0 Å². The summed E-state index contributed by atoms with van der Waals surface area (Å²) in [6, 6.07) is 13.6. The van der Waals surface area contributed by atoms with Crippen molar-refractivity contribution in [3.05, 3.63) is 53.9 Å². The van der Waals surface area contributed by atoms with E-state index in [1.165, 1.54) is 0 Å². The lowest BCUT2D eigenvalue weighted by molar-refractivity contribution is 1.20. The summed E-state index contributed by atoms with van der Waals surface area (Å²) in [7, 11) is 0. The van der Waals surface area contributed by atoms with Gasteiger partial charge < -0.3 is 0 Å². The Morgan fingerprint density at radius 1 is 1.00 bits per heavy atom. The van der Waals surface area contributed by atoms with E-state index >= 15 is 0 Å². The molecule has 0 atom stereocenters. The van der Waals surface area contributed by atoms with Crippen molar-refractivity contribution in [2.24, 2.45) is 0 Å². The normalized spacial score (nSPS) is 9.60. The van der Waals surface area contributed by atoms with Crippen LogP contribution in [-0.4, -0.2) is 4.98 Å². The molecule has 2 aromatic rings. The molecule has 0 bridgehead atoms.